The molecule has 0 aromatic heterocycles. The van der Waals surface area contributed by atoms with Crippen molar-refractivity contribution in [1.82, 2.24) is 0 Å². The van der Waals surface area contributed by atoms with Crippen molar-refractivity contribution in [3.05, 3.63) is 53.3 Å². The summed E-state index contributed by atoms with van der Waals surface area (Å²) in [5, 5.41) is 0.599. The van der Waals surface area contributed by atoms with Gasteiger partial charge in [0.2, 0.25) is 0 Å². The second-order valence-corrected chi connectivity index (χ2v) is 3.62. The molecule has 2 aromatic rings. The Labute approximate surface area is 92.3 Å². The summed E-state index contributed by atoms with van der Waals surface area (Å²) in [5.41, 5.74) is 7.07. The van der Waals surface area contributed by atoms with Crippen molar-refractivity contribution in [2.75, 3.05) is 5.73 Å². The van der Waals surface area contributed by atoms with Crippen molar-refractivity contribution >= 4 is 17.3 Å². The summed E-state index contributed by atoms with van der Waals surface area (Å²) in [4.78, 5) is 0. The van der Waals surface area contributed by atoms with E-state index in [4.69, 9.17) is 17.3 Å². The van der Waals surface area contributed by atoms with E-state index in [-0.39, 0.29) is 5.69 Å². The van der Waals surface area contributed by atoms with Crippen LogP contribution in [0.3, 0.4) is 0 Å². The predicted molar refractivity (Wildman–Crippen MR) is 61.3 cm³/mol. The molecule has 0 unspecified atom stereocenters. The third-order valence-corrected chi connectivity index (χ3v) is 2.51. The Morgan fingerprint density at radius 1 is 1.07 bits per heavy atom. The van der Waals surface area contributed by atoms with Gasteiger partial charge in [-0.1, -0.05) is 35.9 Å². The highest BCUT2D eigenvalue weighted by Gasteiger charge is 2.05. The minimum atomic E-state index is -0.424. The van der Waals surface area contributed by atoms with Crippen molar-refractivity contribution in [3.8, 4) is 11.1 Å². The lowest BCUT2D eigenvalue weighted by Gasteiger charge is -2.05. The van der Waals surface area contributed by atoms with E-state index in [1.807, 2.05) is 18.2 Å². The van der Waals surface area contributed by atoms with Crippen LogP contribution in [0.5, 0.6) is 0 Å². The molecule has 0 heterocycles. The largest absolute Gasteiger partial charge is 0.396 e. The average Bonchev–Trinajstić information content (AvgIpc) is 2.23. The van der Waals surface area contributed by atoms with Crippen molar-refractivity contribution in [2.45, 2.75) is 0 Å². The quantitative estimate of drug-likeness (QED) is 0.730. The molecule has 0 bridgehead atoms. The van der Waals surface area contributed by atoms with Gasteiger partial charge in [-0.3, -0.25) is 0 Å². The van der Waals surface area contributed by atoms with Gasteiger partial charge in [0.05, 0.1) is 5.69 Å². The molecule has 2 aromatic carbocycles. The number of halogens is 2. The highest BCUT2D eigenvalue weighted by Crippen LogP contribution is 2.28. The molecule has 0 fully saturated rings. The van der Waals surface area contributed by atoms with Crippen LogP contribution >= 0.6 is 11.6 Å². The van der Waals surface area contributed by atoms with Crippen LogP contribution in [-0.4, -0.2) is 0 Å². The fourth-order valence-electron chi connectivity index (χ4n) is 1.39. The highest BCUT2D eigenvalue weighted by molar-refractivity contribution is 6.33. The second-order valence-electron chi connectivity index (χ2n) is 3.22. The Morgan fingerprint density at radius 3 is 2.47 bits per heavy atom. The van der Waals surface area contributed by atoms with Gasteiger partial charge < -0.3 is 5.73 Å². The van der Waals surface area contributed by atoms with Crippen LogP contribution in [0, 0.1) is 5.82 Å². The van der Waals surface area contributed by atoms with Gasteiger partial charge in [-0.25, -0.2) is 4.39 Å². The Bertz CT molecular complexity index is 497. The highest BCUT2D eigenvalue weighted by atomic mass is 35.5. The first-order valence-corrected chi connectivity index (χ1v) is 4.86. The second kappa shape index (κ2) is 3.91. The van der Waals surface area contributed by atoms with Gasteiger partial charge in [0.15, 0.2) is 0 Å². The molecule has 0 radical (unpaired) electrons. The van der Waals surface area contributed by atoms with E-state index in [1.54, 1.807) is 12.1 Å². The van der Waals surface area contributed by atoms with Gasteiger partial charge in [0, 0.05) is 10.6 Å². The minimum absolute atomic E-state index is 0.144. The average molecular weight is 222 g/mol. The summed E-state index contributed by atoms with van der Waals surface area (Å²) in [7, 11) is 0. The lowest BCUT2D eigenvalue weighted by molar-refractivity contribution is 0.633. The van der Waals surface area contributed by atoms with Gasteiger partial charge in [-0.2, -0.15) is 0 Å². The monoisotopic (exact) mass is 221 g/mol. The molecule has 0 spiro atoms. The van der Waals surface area contributed by atoms with E-state index in [2.05, 4.69) is 0 Å². The normalized spacial score (nSPS) is 10.3. The Balaban J connectivity index is 2.55. The first-order valence-electron chi connectivity index (χ1n) is 4.48. The first-order chi connectivity index (χ1) is 7.18. The van der Waals surface area contributed by atoms with Gasteiger partial charge in [-0.05, 0) is 23.8 Å². The van der Waals surface area contributed by atoms with Crippen molar-refractivity contribution in [2.24, 2.45) is 0 Å². The predicted octanol–water partition coefficient (Wildman–Crippen LogP) is 3.73. The summed E-state index contributed by atoms with van der Waals surface area (Å²) >= 11 is 6.00. The zero-order chi connectivity index (χ0) is 10.8. The minimum Gasteiger partial charge on any atom is -0.396 e. The van der Waals surface area contributed by atoms with Crippen LogP contribution in [0.25, 0.3) is 11.1 Å². The molecule has 2 rings (SSSR count). The van der Waals surface area contributed by atoms with Crippen molar-refractivity contribution in [1.29, 1.82) is 0 Å². The van der Waals surface area contributed by atoms with Gasteiger partial charge in [0.25, 0.3) is 0 Å². The van der Waals surface area contributed by atoms with E-state index in [9.17, 15) is 4.39 Å². The van der Waals surface area contributed by atoms with E-state index in [1.165, 1.54) is 12.1 Å². The van der Waals surface area contributed by atoms with E-state index in [0.717, 1.165) is 11.1 Å². The molecule has 0 saturated carbocycles. The van der Waals surface area contributed by atoms with Crippen molar-refractivity contribution < 1.29 is 4.39 Å². The molecule has 0 aliphatic rings. The molecule has 76 valence electrons. The third-order valence-electron chi connectivity index (χ3n) is 2.19. The van der Waals surface area contributed by atoms with E-state index in [0.29, 0.717) is 5.02 Å². The van der Waals surface area contributed by atoms with Crippen LogP contribution in [-0.2, 0) is 0 Å². The number of hydrogen-bond donors (Lipinski definition) is 1. The number of hydrogen-bond acceptors (Lipinski definition) is 1. The van der Waals surface area contributed by atoms with Crippen LogP contribution in [0.4, 0.5) is 10.1 Å². The summed E-state index contributed by atoms with van der Waals surface area (Å²) < 4.78 is 13.2. The Kier molecular flexibility index (Phi) is 2.60. The van der Waals surface area contributed by atoms with Crippen LogP contribution in [0.1, 0.15) is 0 Å². The molecule has 0 saturated heterocycles. The van der Waals surface area contributed by atoms with Gasteiger partial charge in [-0.15, -0.1) is 0 Å². The maximum atomic E-state index is 13.2. The van der Waals surface area contributed by atoms with Gasteiger partial charge >= 0.3 is 0 Å². The molecule has 2 N–H and O–H groups in total. The van der Waals surface area contributed by atoms with E-state index < -0.39 is 5.82 Å². The third kappa shape index (κ3) is 1.95. The number of benzene rings is 2. The molecule has 3 heteroatoms. The molecule has 0 amide bonds. The fraction of sp³-hybridized carbons (Fsp3) is 0. The first kappa shape index (κ1) is 9.99. The summed E-state index contributed by atoms with van der Waals surface area (Å²) in [6, 6.07) is 12.0. The summed E-state index contributed by atoms with van der Waals surface area (Å²) in [6.45, 7) is 0. The lowest BCUT2D eigenvalue weighted by Crippen LogP contribution is -1.90. The Hall–Kier alpha value is -1.54. The number of nitrogen functional groups attached to an aromatic ring is 1. The SMILES string of the molecule is Nc1ccc(-c2ccccc2Cl)cc1F. The topological polar surface area (TPSA) is 26.0 Å². The lowest BCUT2D eigenvalue weighted by atomic mass is 10.1. The summed E-state index contributed by atoms with van der Waals surface area (Å²) in [6.07, 6.45) is 0. The maximum absolute atomic E-state index is 13.2. The smallest absolute Gasteiger partial charge is 0.146 e. The molecule has 1 nitrogen and oxygen atoms in total. The molecule has 0 aliphatic carbocycles. The standard InChI is InChI=1S/C12H9ClFN/c13-10-4-2-1-3-9(10)8-5-6-12(15)11(14)7-8/h1-7H,15H2. The fourth-order valence-corrected chi connectivity index (χ4v) is 1.63. The Morgan fingerprint density at radius 2 is 1.80 bits per heavy atom. The number of nitrogens with two attached hydrogens (primary N) is 1. The zero-order valence-corrected chi connectivity index (χ0v) is 8.63. The molecular formula is C12H9ClFN. The van der Waals surface area contributed by atoms with E-state index >= 15 is 0 Å². The molecular weight excluding hydrogens is 213 g/mol. The van der Waals surface area contributed by atoms with Crippen molar-refractivity contribution in [3.63, 3.8) is 0 Å². The molecule has 15 heavy (non-hydrogen) atoms. The maximum Gasteiger partial charge on any atom is 0.146 e. The molecule has 0 atom stereocenters. The number of anilines is 1. The zero-order valence-electron chi connectivity index (χ0n) is 7.87. The van der Waals surface area contributed by atoms with Crippen LogP contribution < -0.4 is 5.73 Å². The molecule has 0 aliphatic heterocycles. The summed E-state index contributed by atoms with van der Waals surface area (Å²) in [5.74, 6) is -0.424. The van der Waals surface area contributed by atoms with Crippen LogP contribution in [0.15, 0.2) is 42.5 Å². The van der Waals surface area contributed by atoms with Crippen LogP contribution in [0.2, 0.25) is 5.02 Å². The van der Waals surface area contributed by atoms with Gasteiger partial charge in [0.1, 0.15) is 5.82 Å². The number of rotatable bonds is 1.